The van der Waals surface area contributed by atoms with E-state index in [1.807, 2.05) is 24.3 Å². The summed E-state index contributed by atoms with van der Waals surface area (Å²) in [6.45, 7) is 0. The molecule has 0 saturated heterocycles. The second-order valence-electron chi connectivity index (χ2n) is 10.2. The van der Waals surface area contributed by atoms with E-state index in [1.165, 1.54) is 17.0 Å². The first-order valence-corrected chi connectivity index (χ1v) is 14.2. The number of hydrogen-bond donors (Lipinski definition) is 0. The van der Waals surface area contributed by atoms with Gasteiger partial charge in [0.05, 0.1) is 25.6 Å². The molecule has 0 N–H and O–H groups in total. The maximum Gasteiger partial charge on any atom is 0.123 e. The number of rotatable bonds is 9. The molecule has 0 aliphatic heterocycles. The molecule has 6 aromatic rings. The largest absolute Gasteiger partial charge is 0.496 e. The molecule has 205 valence electrons. The summed E-state index contributed by atoms with van der Waals surface area (Å²) in [7, 11) is 3.47. The molecule has 0 spiro atoms. The third-order valence-corrected chi connectivity index (χ3v) is 7.96. The van der Waals surface area contributed by atoms with E-state index in [4.69, 9.17) is 9.47 Å². The number of methoxy groups -OCH3 is 2. The van der Waals surface area contributed by atoms with Crippen LogP contribution in [0.25, 0.3) is 0 Å². The quantitative estimate of drug-likeness (QED) is 0.169. The summed E-state index contributed by atoms with van der Waals surface area (Å²) in [5.41, 5.74) is 7.14. The Morgan fingerprint density at radius 3 is 1.19 bits per heavy atom. The van der Waals surface area contributed by atoms with E-state index in [-0.39, 0.29) is 0 Å². The lowest BCUT2D eigenvalue weighted by Crippen LogP contribution is -2.32. The molecule has 42 heavy (non-hydrogen) atoms. The van der Waals surface area contributed by atoms with Gasteiger partial charge in [0, 0.05) is 11.1 Å². The fraction of sp³-hybridized carbons (Fsp3) is 0.0750. The fourth-order valence-corrected chi connectivity index (χ4v) is 6.13. The van der Waals surface area contributed by atoms with Crippen LogP contribution in [-0.2, 0) is 5.41 Å². The van der Waals surface area contributed by atoms with Crippen LogP contribution in [0.15, 0.2) is 164 Å². The minimum absolute atomic E-state index is 0.710. The van der Waals surface area contributed by atoms with Gasteiger partial charge in [-0.2, -0.15) is 0 Å². The summed E-state index contributed by atoms with van der Waals surface area (Å²) < 4.78 is 12.0. The van der Waals surface area contributed by atoms with Gasteiger partial charge in [0.2, 0.25) is 0 Å². The van der Waals surface area contributed by atoms with E-state index in [2.05, 4.69) is 140 Å². The SMILES string of the molecule is COc1ccccc1C(c1ccccc1)(c1ccc([C](c2ccccc2)c2ccccc2)cc1)c1ccccc1OC. The van der Waals surface area contributed by atoms with Crippen LogP contribution < -0.4 is 9.47 Å². The molecule has 0 bridgehead atoms. The van der Waals surface area contributed by atoms with Crippen LogP contribution in [0.2, 0.25) is 0 Å². The average molecular weight is 546 g/mol. The van der Waals surface area contributed by atoms with E-state index < -0.39 is 5.41 Å². The van der Waals surface area contributed by atoms with Crippen molar-refractivity contribution in [3.8, 4) is 11.5 Å². The first-order chi connectivity index (χ1) is 20.8. The molecule has 0 fully saturated rings. The zero-order valence-corrected chi connectivity index (χ0v) is 23.9. The van der Waals surface area contributed by atoms with Crippen LogP contribution >= 0.6 is 0 Å². The molecule has 0 aliphatic carbocycles. The van der Waals surface area contributed by atoms with E-state index >= 15 is 0 Å². The van der Waals surface area contributed by atoms with Crippen molar-refractivity contribution in [2.45, 2.75) is 5.41 Å². The highest BCUT2D eigenvalue weighted by Crippen LogP contribution is 2.51. The predicted molar refractivity (Wildman–Crippen MR) is 171 cm³/mol. The molecule has 1 radical (unpaired) electrons. The van der Waals surface area contributed by atoms with Gasteiger partial charge in [0.15, 0.2) is 0 Å². The third-order valence-electron chi connectivity index (χ3n) is 7.96. The van der Waals surface area contributed by atoms with Crippen molar-refractivity contribution in [1.29, 1.82) is 0 Å². The smallest absolute Gasteiger partial charge is 0.123 e. The van der Waals surface area contributed by atoms with Crippen LogP contribution in [-0.4, -0.2) is 14.2 Å². The van der Waals surface area contributed by atoms with E-state index in [9.17, 15) is 0 Å². The number of hydrogen-bond acceptors (Lipinski definition) is 2. The number of para-hydroxylation sites is 2. The Bertz CT molecular complexity index is 1640. The average Bonchev–Trinajstić information content (AvgIpc) is 3.08. The molecule has 0 heterocycles. The summed E-state index contributed by atoms with van der Waals surface area (Å²) in [6.07, 6.45) is 0. The van der Waals surface area contributed by atoms with Crippen molar-refractivity contribution in [3.63, 3.8) is 0 Å². The molecule has 0 saturated carbocycles. The summed E-state index contributed by atoms with van der Waals surface area (Å²) in [5.74, 6) is 2.83. The van der Waals surface area contributed by atoms with E-state index in [1.54, 1.807) is 14.2 Å². The highest BCUT2D eigenvalue weighted by Gasteiger charge is 2.42. The van der Waals surface area contributed by atoms with Crippen LogP contribution in [0.4, 0.5) is 0 Å². The zero-order chi connectivity index (χ0) is 28.8. The Morgan fingerprint density at radius 2 is 0.738 bits per heavy atom. The molecule has 6 rings (SSSR count). The molecule has 0 unspecified atom stereocenters. The molecular weight excluding hydrogens is 512 g/mol. The minimum atomic E-state index is -0.710. The van der Waals surface area contributed by atoms with Gasteiger partial charge in [-0.05, 0) is 39.9 Å². The third kappa shape index (κ3) is 4.86. The molecule has 0 amide bonds. The Kier molecular flexibility index (Phi) is 7.87. The van der Waals surface area contributed by atoms with Crippen LogP contribution in [0.5, 0.6) is 11.5 Å². The highest BCUT2D eigenvalue weighted by atomic mass is 16.5. The number of ether oxygens (including phenoxy) is 2. The summed E-state index contributed by atoms with van der Waals surface area (Å²) >= 11 is 0. The van der Waals surface area contributed by atoms with Gasteiger partial charge in [-0.25, -0.2) is 0 Å². The van der Waals surface area contributed by atoms with Gasteiger partial charge in [0.1, 0.15) is 11.5 Å². The maximum absolute atomic E-state index is 6.02. The lowest BCUT2D eigenvalue weighted by atomic mass is 9.64. The topological polar surface area (TPSA) is 18.5 Å². The van der Waals surface area contributed by atoms with Gasteiger partial charge in [-0.15, -0.1) is 0 Å². The van der Waals surface area contributed by atoms with Crippen molar-refractivity contribution < 1.29 is 9.47 Å². The predicted octanol–water partition coefficient (Wildman–Crippen LogP) is 9.11. The molecule has 0 atom stereocenters. The minimum Gasteiger partial charge on any atom is -0.496 e. The van der Waals surface area contributed by atoms with Crippen molar-refractivity contribution in [2.75, 3.05) is 14.2 Å². The molecule has 0 aromatic heterocycles. The van der Waals surface area contributed by atoms with E-state index in [0.717, 1.165) is 39.3 Å². The van der Waals surface area contributed by atoms with Crippen LogP contribution in [0.3, 0.4) is 0 Å². The Morgan fingerprint density at radius 1 is 0.381 bits per heavy atom. The van der Waals surface area contributed by atoms with E-state index in [0.29, 0.717) is 0 Å². The fourth-order valence-electron chi connectivity index (χ4n) is 6.13. The van der Waals surface area contributed by atoms with Gasteiger partial charge in [-0.3, -0.25) is 0 Å². The molecule has 2 heteroatoms. The lowest BCUT2D eigenvalue weighted by molar-refractivity contribution is 0.395. The second-order valence-corrected chi connectivity index (χ2v) is 10.2. The Hall–Kier alpha value is -5.08. The standard InChI is InChI=1S/C40H33O2/c1-41-37-24-14-12-22-35(37)40(33-20-10-5-11-21-33,36-23-13-15-25-38(36)42-2)34-28-26-32(27-29-34)39(30-16-6-3-7-17-30)31-18-8-4-9-19-31/h3-29H,1-2H3. The van der Waals surface area contributed by atoms with Crippen LogP contribution in [0.1, 0.15) is 38.9 Å². The molecule has 6 aromatic carbocycles. The second kappa shape index (κ2) is 12.2. The van der Waals surface area contributed by atoms with Gasteiger partial charge < -0.3 is 9.47 Å². The zero-order valence-electron chi connectivity index (χ0n) is 23.9. The molecular formula is C40H33O2. The monoisotopic (exact) mass is 545 g/mol. The lowest BCUT2D eigenvalue weighted by Gasteiger charge is -2.38. The Balaban J connectivity index is 1.63. The van der Waals surface area contributed by atoms with Crippen molar-refractivity contribution in [2.24, 2.45) is 0 Å². The van der Waals surface area contributed by atoms with Crippen LogP contribution in [0, 0.1) is 5.92 Å². The molecule has 0 aliphatic rings. The summed E-state index contributed by atoms with van der Waals surface area (Å²) in [4.78, 5) is 0. The van der Waals surface area contributed by atoms with Gasteiger partial charge in [-0.1, -0.05) is 152 Å². The first-order valence-electron chi connectivity index (χ1n) is 14.2. The molecule has 2 nitrogen and oxygen atoms in total. The number of benzene rings is 6. The van der Waals surface area contributed by atoms with Crippen molar-refractivity contribution >= 4 is 0 Å². The van der Waals surface area contributed by atoms with Gasteiger partial charge >= 0.3 is 0 Å². The maximum atomic E-state index is 6.02. The highest BCUT2D eigenvalue weighted by molar-refractivity contribution is 5.67. The summed E-state index contributed by atoms with van der Waals surface area (Å²) in [6, 6.07) is 57.4. The normalized spacial score (nSPS) is 11.3. The Labute approximate surface area is 248 Å². The van der Waals surface area contributed by atoms with Gasteiger partial charge in [0.25, 0.3) is 0 Å². The van der Waals surface area contributed by atoms with Crippen molar-refractivity contribution in [3.05, 3.63) is 209 Å². The summed E-state index contributed by atoms with van der Waals surface area (Å²) in [5, 5.41) is 0. The first kappa shape index (κ1) is 27.1. The van der Waals surface area contributed by atoms with Crippen molar-refractivity contribution in [1.82, 2.24) is 0 Å².